The first-order valence-electron chi connectivity index (χ1n) is 9.28. The summed E-state index contributed by atoms with van der Waals surface area (Å²) >= 11 is 0.611. The van der Waals surface area contributed by atoms with Crippen LogP contribution in [0.1, 0.15) is 110 Å². The van der Waals surface area contributed by atoms with Crippen molar-refractivity contribution in [3.8, 4) is 0 Å². The Morgan fingerprint density at radius 1 is 0.652 bits per heavy atom. The summed E-state index contributed by atoms with van der Waals surface area (Å²) in [7, 11) is 0. The van der Waals surface area contributed by atoms with Gasteiger partial charge in [0, 0.05) is 6.42 Å². The van der Waals surface area contributed by atoms with Gasteiger partial charge in [0.25, 0.3) is 0 Å². The van der Waals surface area contributed by atoms with Crippen molar-refractivity contribution in [3.05, 3.63) is 0 Å². The fraction of sp³-hybridized carbons (Fsp3) is 0.944. The van der Waals surface area contributed by atoms with Crippen LogP contribution in [0.4, 0.5) is 0 Å². The predicted molar refractivity (Wildman–Crippen MR) is 105 cm³/mol. The van der Waals surface area contributed by atoms with Gasteiger partial charge in [-0.2, -0.15) is 0 Å². The molecule has 0 saturated carbocycles. The minimum absolute atomic E-state index is 0. The predicted octanol–water partition coefficient (Wildman–Crippen LogP) is 4.38. The van der Waals surface area contributed by atoms with Crippen LogP contribution >= 0.6 is 0 Å². The second kappa shape index (κ2) is 27.2. The molecule has 0 aromatic carbocycles. The zero-order valence-corrected chi connectivity index (χ0v) is 16.2. The molecular formula is C18H40Al2O3. The summed E-state index contributed by atoms with van der Waals surface area (Å²) in [5, 5.41) is 8.52. The summed E-state index contributed by atoms with van der Waals surface area (Å²) < 4.78 is 8.28. The fourth-order valence-electron chi connectivity index (χ4n) is 2.65. The van der Waals surface area contributed by atoms with Crippen molar-refractivity contribution >= 4 is 39.6 Å². The van der Waals surface area contributed by atoms with Gasteiger partial charge < -0.3 is 5.11 Å². The van der Waals surface area contributed by atoms with E-state index in [4.69, 9.17) is 8.91 Å². The summed E-state index contributed by atoms with van der Waals surface area (Å²) in [6.07, 6.45) is 20.2. The Balaban J connectivity index is -0.00000128. The molecule has 0 bridgehead atoms. The van der Waals surface area contributed by atoms with E-state index in [9.17, 15) is 4.79 Å². The minimum atomic E-state index is -0.653. The van der Waals surface area contributed by atoms with Gasteiger partial charge in [0.05, 0.1) is 0 Å². The van der Waals surface area contributed by atoms with Gasteiger partial charge >= 0.3 is 26.0 Å². The third kappa shape index (κ3) is 30.7. The Kier molecular flexibility index (Phi) is 33.3. The van der Waals surface area contributed by atoms with Crippen LogP contribution in [0.25, 0.3) is 0 Å². The van der Waals surface area contributed by atoms with Crippen LogP contribution in [0.5, 0.6) is 0 Å². The van der Waals surface area contributed by atoms with Crippen molar-refractivity contribution in [1.82, 2.24) is 0 Å². The molecule has 0 unspecified atom stereocenters. The van der Waals surface area contributed by atoms with Crippen LogP contribution in [0.2, 0.25) is 0 Å². The molecule has 136 valence electrons. The molecule has 0 fully saturated rings. The molecule has 0 aliphatic heterocycles. The SMILES string of the molecule is CCCCCCCCCCCCCCCCCC(=O)O.[AlH3].[O]=[AlH]. The third-order valence-corrected chi connectivity index (χ3v) is 3.99. The topological polar surface area (TPSA) is 54.4 Å². The number of hydrogen-bond acceptors (Lipinski definition) is 2. The first-order chi connectivity index (χ1) is 10.8. The summed E-state index contributed by atoms with van der Waals surface area (Å²) in [6.45, 7) is 2.27. The van der Waals surface area contributed by atoms with E-state index in [1.54, 1.807) is 0 Å². The van der Waals surface area contributed by atoms with E-state index < -0.39 is 5.97 Å². The van der Waals surface area contributed by atoms with E-state index in [0.717, 1.165) is 12.8 Å². The van der Waals surface area contributed by atoms with E-state index in [1.807, 2.05) is 0 Å². The molecule has 0 rings (SSSR count). The summed E-state index contributed by atoms with van der Waals surface area (Å²) in [5.74, 6) is -0.653. The van der Waals surface area contributed by atoms with Crippen LogP contribution in [-0.4, -0.2) is 44.7 Å². The molecular weight excluding hydrogens is 318 g/mol. The third-order valence-electron chi connectivity index (χ3n) is 3.99. The Morgan fingerprint density at radius 3 is 1.17 bits per heavy atom. The second-order valence-corrected chi connectivity index (χ2v) is 6.09. The zero-order valence-electron chi connectivity index (χ0n) is 14.8. The van der Waals surface area contributed by atoms with E-state index in [-0.39, 0.29) is 17.4 Å². The number of aliphatic carboxylic acids is 1. The first-order valence-corrected chi connectivity index (χ1v) is 9.85. The Hall–Kier alpha value is 0.335. The normalized spacial score (nSPS) is 9.57. The molecule has 1 N–H and O–H groups in total. The van der Waals surface area contributed by atoms with Crippen molar-refractivity contribution < 1.29 is 13.7 Å². The molecule has 0 aliphatic carbocycles. The molecule has 23 heavy (non-hydrogen) atoms. The number of rotatable bonds is 16. The first kappa shape index (κ1) is 28.2. The van der Waals surface area contributed by atoms with Crippen LogP contribution in [0.15, 0.2) is 0 Å². The average molecular weight is 358 g/mol. The van der Waals surface area contributed by atoms with Gasteiger partial charge in [-0.1, -0.05) is 96.8 Å². The molecule has 0 atom stereocenters. The van der Waals surface area contributed by atoms with Crippen molar-refractivity contribution in [2.45, 2.75) is 110 Å². The number of unbranched alkanes of at least 4 members (excludes halogenated alkanes) is 14. The molecule has 5 heteroatoms. The van der Waals surface area contributed by atoms with Gasteiger partial charge in [-0.05, 0) is 6.42 Å². The van der Waals surface area contributed by atoms with E-state index in [1.165, 1.54) is 83.5 Å². The van der Waals surface area contributed by atoms with Gasteiger partial charge in [0.2, 0.25) is 0 Å². The Labute approximate surface area is 162 Å². The van der Waals surface area contributed by atoms with Gasteiger partial charge in [0.15, 0.2) is 17.4 Å². The molecule has 0 heterocycles. The quantitative estimate of drug-likeness (QED) is 0.329. The Bertz CT molecular complexity index is 226. The molecule has 0 radical (unpaired) electrons. The van der Waals surface area contributed by atoms with Crippen LogP contribution < -0.4 is 0 Å². The zero-order chi connectivity index (χ0) is 16.9. The van der Waals surface area contributed by atoms with E-state index >= 15 is 0 Å². The van der Waals surface area contributed by atoms with Gasteiger partial charge in [0.1, 0.15) is 0 Å². The summed E-state index contributed by atoms with van der Waals surface area (Å²) in [6, 6.07) is 0. The molecule has 0 aromatic heterocycles. The molecule has 0 amide bonds. The van der Waals surface area contributed by atoms with Gasteiger partial charge in [-0.15, -0.1) is 0 Å². The van der Waals surface area contributed by atoms with Crippen molar-refractivity contribution in [2.24, 2.45) is 0 Å². The average Bonchev–Trinajstić information content (AvgIpc) is 2.53. The van der Waals surface area contributed by atoms with E-state index in [0.29, 0.717) is 22.6 Å². The molecule has 0 spiro atoms. The Morgan fingerprint density at radius 2 is 0.913 bits per heavy atom. The van der Waals surface area contributed by atoms with Crippen molar-refractivity contribution in [2.75, 3.05) is 0 Å². The standard InChI is InChI=1S/C18H36O2.2Al.O.4H/c1-2-3-4-5-6-7-8-9-10-11-12-13-14-15-16-17-18(19)20;;;;;;;/h2-17H2,1H3,(H,19,20);;;;;;;. The number of hydrogen-bond donors (Lipinski definition) is 1. The molecule has 0 aliphatic rings. The van der Waals surface area contributed by atoms with Gasteiger partial charge in [-0.3, -0.25) is 4.79 Å². The van der Waals surface area contributed by atoms with Crippen LogP contribution in [0.3, 0.4) is 0 Å². The molecule has 0 aromatic rings. The summed E-state index contributed by atoms with van der Waals surface area (Å²) in [5.41, 5.74) is 0. The number of carbonyl (C=O) groups is 1. The van der Waals surface area contributed by atoms with Crippen molar-refractivity contribution in [3.63, 3.8) is 0 Å². The number of carboxylic acids is 1. The summed E-state index contributed by atoms with van der Waals surface area (Å²) in [4.78, 5) is 10.3. The van der Waals surface area contributed by atoms with E-state index in [2.05, 4.69) is 6.92 Å². The van der Waals surface area contributed by atoms with Gasteiger partial charge in [-0.25, -0.2) is 0 Å². The fourth-order valence-corrected chi connectivity index (χ4v) is 2.65. The monoisotopic (exact) mass is 358 g/mol. The van der Waals surface area contributed by atoms with Crippen molar-refractivity contribution in [1.29, 1.82) is 0 Å². The number of carboxylic acid groups (broad SMARTS) is 1. The maximum atomic E-state index is 10.3. The maximum absolute atomic E-state index is 10.3. The second-order valence-electron chi connectivity index (χ2n) is 6.09. The molecule has 0 saturated heterocycles. The molecule has 3 nitrogen and oxygen atoms in total. The van der Waals surface area contributed by atoms with Crippen LogP contribution in [-0.2, 0) is 8.60 Å². The van der Waals surface area contributed by atoms with Crippen LogP contribution in [0, 0.1) is 0 Å².